The van der Waals surface area contributed by atoms with Gasteiger partial charge >= 0.3 is 6.18 Å². The zero-order valence-corrected chi connectivity index (χ0v) is 19.9. The first-order chi connectivity index (χ1) is 18.6. The molecule has 1 amide bonds. The molecule has 5 rings (SSSR count). The van der Waals surface area contributed by atoms with Crippen LogP contribution in [0.1, 0.15) is 15.9 Å². The summed E-state index contributed by atoms with van der Waals surface area (Å²) in [4.78, 5) is 23.3. The van der Waals surface area contributed by atoms with Gasteiger partial charge in [-0.05, 0) is 30.3 Å². The molecule has 7 nitrogen and oxygen atoms in total. The number of ether oxygens (including phenoxy) is 2. The molecule has 0 unspecified atom stereocenters. The fourth-order valence-corrected chi connectivity index (χ4v) is 3.90. The maximum absolute atomic E-state index is 15.2. The standard InChI is InChI=1S/C26H18F6N4O3/c27-17-12-20(35-25(37)14-2-1-3-15(10-14)26(30,31)32)23(29)24(22(17)28)39-16-4-5-18-19(11-16)34-21(13-33-18)36-6-8-38-9-7-36/h1-5,10-13H,6-9H2,(H,35,37). The lowest BCUT2D eigenvalue weighted by Crippen LogP contribution is -2.36. The molecule has 0 atom stereocenters. The summed E-state index contributed by atoms with van der Waals surface area (Å²) in [5, 5.41) is 1.97. The molecule has 2 heterocycles. The van der Waals surface area contributed by atoms with E-state index in [1.165, 1.54) is 18.2 Å². The van der Waals surface area contributed by atoms with E-state index in [1.807, 2.05) is 10.2 Å². The van der Waals surface area contributed by atoms with Gasteiger partial charge < -0.3 is 19.7 Å². The number of fused-ring (bicyclic) bond motifs is 1. The second-order valence-corrected chi connectivity index (χ2v) is 8.48. The lowest BCUT2D eigenvalue weighted by Gasteiger charge is -2.27. The zero-order valence-electron chi connectivity index (χ0n) is 19.9. The normalized spacial score (nSPS) is 13.9. The third-order valence-electron chi connectivity index (χ3n) is 5.87. The summed E-state index contributed by atoms with van der Waals surface area (Å²) in [5.74, 6) is -6.57. The van der Waals surface area contributed by atoms with Gasteiger partial charge in [-0.15, -0.1) is 0 Å². The molecule has 39 heavy (non-hydrogen) atoms. The van der Waals surface area contributed by atoms with E-state index in [0.29, 0.717) is 55.3 Å². The van der Waals surface area contributed by atoms with E-state index < -0.39 is 52.1 Å². The van der Waals surface area contributed by atoms with Crippen LogP contribution < -0.4 is 15.0 Å². The zero-order chi connectivity index (χ0) is 27.7. The Morgan fingerprint density at radius 2 is 1.74 bits per heavy atom. The van der Waals surface area contributed by atoms with Crippen LogP contribution in [0.3, 0.4) is 0 Å². The van der Waals surface area contributed by atoms with Gasteiger partial charge in [0.1, 0.15) is 11.6 Å². The Balaban J connectivity index is 1.42. The average molecular weight is 548 g/mol. The number of rotatable bonds is 5. The van der Waals surface area contributed by atoms with Gasteiger partial charge in [-0.1, -0.05) is 6.07 Å². The van der Waals surface area contributed by atoms with Gasteiger partial charge in [-0.2, -0.15) is 17.6 Å². The van der Waals surface area contributed by atoms with Crippen LogP contribution in [0.4, 0.5) is 37.8 Å². The quantitative estimate of drug-likeness (QED) is 0.246. The molecule has 202 valence electrons. The number of hydrogen-bond acceptors (Lipinski definition) is 6. The van der Waals surface area contributed by atoms with Crippen LogP contribution in [-0.2, 0) is 10.9 Å². The number of amides is 1. The molecule has 3 aromatic carbocycles. The van der Waals surface area contributed by atoms with Crippen LogP contribution in [0.15, 0.2) is 54.7 Å². The number of alkyl halides is 3. The monoisotopic (exact) mass is 548 g/mol. The van der Waals surface area contributed by atoms with E-state index >= 15 is 4.39 Å². The molecule has 1 fully saturated rings. The van der Waals surface area contributed by atoms with Crippen LogP contribution in [0.2, 0.25) is 0 Å². The third kappa shape index (κ3) is 5.58. The number of nitrogens with one attached hydrogen (secondary N) is 1. The molecule has 0 spiro atoms. The summed E-state index contributed by atoms with van der Waals surface area (Å²) < 4.78 is 93.7. The van der Waals surface area contributed by atoms with Crippen molar-refractivity contribution in [3.63, 3.8) is 0 Å². The van der Waals surface area contributed by atoms with E-state index in [4.69, 9.17) is 9.47 Å². The van der Waals surface area contributed by atoms with Crippen LogP contribution in [0.25, 0.3) is 11.0 Å². The minimum atomic E-state index is -4.72. The number of carbonyl (C=O) groups is 1. The minimum absolute atomic E-state index is 0.102. The summed E-state index contributed by atoms with van der Waals surface area (Å²) in [6.07, 6.45) is -3.14. The number of carbonyl (C=O) groups excluding carboxylic acids is 1. The first kappa shape index (κ1) is 26.2. The first-order valence-electron chi connectivity index (χ1n) is 11.5. The maximum Gasteiger partial charge on any atom is 0.416 e. The number of hydrogen-bond donors (Lipinski definition) is 1. The number of morpholine rings is 1. The number of anilines is 2. The topological polar surface area (TPSA) is 76.6 Å². The lowest BCUT2D eigenvalue weighted by atomic mass is 10.1. The molecule has 1 saturated heterocycles. The van der Waals surface area contributed by atoms with E-state index in [0.717, 1.165) is 18.2 Å². The third-order valence-corrected chi connectivity index (χ3v) is 5.87. The summed E-state index contributed by atoms with van der Waals surface area (Å²) in [6, 6.07) is 7.90. The summed E-state index contributed by atoms with van der Waals surface area (Å²) in [6.45, 7) is 2.25. The highest BCUT2D eigenvalue weighted by Gasteiger charge is 2.31. The molecular weight excluding hydrogens is 530 g/mol. The summed E-state index contributed by atoms with van der Waals surface area (Å²) in [5.41, 5.74) is -1.61. The van der Waals surface area contributed by atoms with Crippen molar-refractivity contribution in [1.82, 2.24) is 9.97 Å². The summed E-state index contributed by atoms with van der Waals surface area (Å²) >= 11 is 0. The summed E-state index contributed by atoms with van der Waals surface area (Å²) in [7, 11) is 0. The molecular formula is C26H18F6N4O3. The first-order valence-corrected chi connectivity index (χ1v) is 11.5. The van der Waals surface area contributed by atoms with Crippen molar-refractivity contribution in [3.05, 3.63) is 83.3 Å². The Hall–Kier alpha value is -4.39. The van der Waals surface area contributed by atoms with Crippen molar-refractivity contribution in [2.45, 2.75) is 6.18 Å². The van der Waals surface area contributed by atoms with Crippen molar-refractivity contribution >= 4 is 28.4 Å². The molecule has 0 aliphatic carbocycles. The lowest BCUT2D eigenvalue weighted by molar-refractivity contribution is -0.137. The van der Waals surface area contributed by atoms with Gasteiger partial charge in [0.15, 0.2) is 11.6 Å². The number of nitrogens with zero attached hydrogens (tertiary/aromatic N) is 3. The number of aromatic nitrogens is 2. The number of halogens is 6. The van der Waals surface area contributed by atoms with Crippen molar-refractivity contribution in [2.75, 3.05) is 36.5 Å². The van der Waals surface area contributed by atoms with Gasteiger partial charge in [-0.25, -0.2) is 13.8 Å². The second-order valence-electron chi connectivity index (χ2n) is 8.48. The molecule has 1 N–H and O–H groups in total. The van der Waals surface area contributed by atoms with Crippen LogP contribution in [0, 0.1) is 17.5 Å². The maximum atomic E-state index is 15.2. The molecule has 0 bridgehead atoms. The minimum Gasteiger partial charge on any atom is -0.451 e. The van der Waals surface area contributed by atoms with Gasteiger partial charge in [0.25, 0.3) is 5.91 Å². The Labute approximate surface area is 217 Å². The number of benzene rings is 3. The largest absolute Gasteiger partial charge is 0.451 e. The highest BCUT2D eigenvalue weighted by atomic mass is 19.4. The Morgan fingerprint density at radius 1 is 0.974 bits per heavy atom. The fourth-order valence-electron chi connectivity index (χ4n) is 3.90. The van der Waals surface area contributed by atoms with Crippen LogP contribution in [0.5, 0.6) is 11.5 Å². The van der Waals surface area contributed by atoms with Crippen molar-refractivity contribution in [2.24, 2.45) is 0 Å². The molecule has 1 aromatic heterocycles. The van der Waals surface area contributed by atoms with Gasteiger partial charge in [0.2, 0.25) is 11.6 Å². The molecule has 13 heteroatoms. The van der Waals surface area contributed by atoms with E-state index in [9.17, 15) is 26.7 Å². The highest BCUT2D eigenvalue weighted by Crippen LogP contribution is 2.35. The Bertz CT molecular complexity index is 1560. The average Bonchev–Trinajstić information content (AvgIpc) is 2.93. The Morgan fingerprint density at radius 3 is 2.49 bits per heavy atom. The predicted molar refractivity (Wildman–Crippen MR) is 128 cm³/mol. The predicted octanol–water partition coefficient (Wildman–Crippen LogP) is 5.95. The van der Waals surface area contributed by atoms with E-state index in [-0.39, 0.29) is 5.75 Å². The Kier molecular flexibility index (Phi) is 7.00. The SMILES string of the molecule is O=C(Nc1cc(F)c(F)c(Oc2ccc3ncc(N4CCOCC4)nc3c2)c1F)c1cccc(C(F)(F)F)c1. The molecule has 4 aromatic rings. The van der Waals surface area contributed by atoms with Crippen LogP contribution in [-0.4, -0.2) is 42.2 Å². The molecule has 0 radical (unpaired) electrons. The van der Waals surface area contributed by atoms with Crippen LogP contribution >= 0.6 is 0 Å². The fraction of sp³-hybridized carbons (Fsp3) is 0.192. The molecule has 0 saturated carbocycles. The molecule has 1 aliphatic rings. The van der Waals surface area contributed by atoms with E-state index in [2.05, 4.69) is 9.97 Å². The van der Waals surface area contributed by atoms with Crippen molar-refractivity contribution in [1.29, 1.82) is 0 Å². The van der Waals surface area contributed by atoms with E-state index in [1.54, 1.807) is 6.20 Å². The van der Waals surface area contributed by atoms with Crippen molar-refractivity contribution < 1.29 is 40.6 Å². The second kappa shape index (κ2) is 10.4. The highest BCUT2D eigenvalue weighted by molar-refractivity contribution is 6.04. The van der Waals surface area contributed by atoms with Crippen molar-refractivity contribution in [3.8, 4) is 11.5 Å². The molecule has 1 aliphatic heterocycles. The van der Waals surface area contributed by atoms with Gasteiger partial charge in [0.05, 0.1) is 41.7 Å². The van der Waals surface area contributed by atoms with Gasteiger partial charge in [0, 0.05) is 30.8 Å². The van der Waals surface area contributed by atoms with Gasteiger partial charge in [-0.3, -0.25) is 9.78 Å². The smallest absolute Gasteiger partial charge is 0.416 e.